The Balaban J connectivity index is 1.52. The van der Waals surface area contributed by atoms with Gasteiger partial charge in [0.05, 0.1) is 25.8 Å². The number of para-hydroxylation sites is 1. The van der Waals surface area contributed by atoms with Crippen LogP contribution in [0, 0.1) is 5.92 Å². The molecule has 1 saturated heterocycles. The van der Waals surface area contributed by atoms with E-state index >= 15 is 0 Å². The topological polar surface area (TPSA) is 101 Å². The third kappa shape index (κ3) is 5.62. The summed E-state index contributed by atoms with van der Waals surface area (Å²) in [5.74, 6) is 0.152. The second-order valence-corrected chi connectivity index (χ2v) is 7.75. The second kappa shape index (κ2) is 10.1. The summed E-state index contributed by atoms with van der Waals surface area (Å²) in [6.07, 6.45) is -0.356. The summed E-state index contributed by atoms with van der Waals surface area (Å²) in [5, 5.41) is 3.43. The first-order valence-electron chi connectivity index (χ1n) is 10.3. The molecule has 9 nitrogen and oxygen atoms in total. The highest BCUT2D eigenvalue weighted by atomic mass is 16.6. The molecule has 0 spiro atoms. The smallest absolute Gasteiger partial charge is 0.409 e. The monoisotopic (exact) mass is 428 g/mol. The van der Waals surface area contributed by atoms with Gasteiger partial charge in [-0.2, -0.15) is 0 Å². The minimum absolute atomic E-state index is 0.145. The van der Waals surface area contributed by atoms with Crippen LogP contribution in [0.25, 0.3) is 10.9 Å². The maximum atomic E-state index is 12.5. The van der Waals surface area contributed by atoms with E-state index in [9.17, 15) is 14.4 Å². The molecule has 1 fully saturated rings. The fourth-order valence-corrected chi connectivity index (χ4v) is 3.25. The number of rotatable bonds is 6. The molecule has 3 amide bonds. The van der Waals surface area contributed by atoms with Crippen LogP contribution >= 0.6 is 0 Å². The number of benzene rings is 1. The van der Waals surface area contributed by atoms with E-state index in [0.29, 0.717) is 44.1 Å². The van der Waals surface area contributed by atoms with Gasteiger partial charge in [-0.05, 0) is 18.1 Å². The number of carbonyl (C=O) groups excluding carboxylic acids is 3. The van der Waals surface area contributed by atoms with Gasteiger partial charge < -0.3 is 24.6 Å². The fraction of sp³-hybridized carbons (Fsp3) is 0.455. The number of ether oxygens (including phenoxy) is 2. The van der Waals surface area contributed by atoms with Gasteiger partial charge in [0, 0.05) is 37.6 Å². The molecule has 2 heterocycles. The van der Waals surface area contributed by atoms with Crippen molar-refractivity contribution < 1.29 is 23.9 Å². The number of aromatic nitrogens is 1. The normalized spacial score (nSPS) is 13.9. The van der Waals surface area contributed by atoms with Gasteiger partial charge in [-0.25, -0.2) is 9.78 Å². The van der Waals surface area contributed by atoms with E-state index in [0.717, 1.165) is 5.39 Å². The van der Waals surface area contributed by atoms with Crippen molar-refractivity contribution >= 4 is 28.8 Å². The number of nitrogens with one attached hydrogen (secondary N) is 1. The van der Waals surface area contributed by atoms with E-state index in [1.165, 1.54) is 7.11 Å². The van der Waals surface area contributed by atoms with Crippen molar-refractivity contribution in [3.8, 4) is 5.75 Å². The van der Waals surface area contributed by atoms with Gasteiger partial charge in [-0.1, -0.05) is 26.0 Å². The first-order chi connectivity index (χ1) is 14.9. The van der Waals surface area contributed by atoms with Crippen LogP contribution in [0.5, 0.6) is 5.75 Å². The van der Waals surface area contributed by atoms with Crippen LogP contribution in [-0.2, 0) is 9.53 Å². The molecule has 1 N–H and O–H groups in total. The molecular formula is C22H28N4O5. The highest BCUT2D eigenvalue weighted by Crippen LogP contribution is 2.24. The number of hydrogen-bond acceptors (Lipinski definition) is 6. The fourth-order valence-electron chi connectivity index (χ4n) is 3.25. The van der Waals surface area contributed by atoms with Crippen molar-refractivity contribution in [1.82, 2.24) is 20.1 Å². The predicted molar refractivity (Wildman–Crippen MR) is 115 cm³/mol. The van der Waals surface area contributed by atoms with Gasteiger partial charge in [0.1, 0.15) is 11.4 Å². The summed E-state index contributed by atoms with van der Waals surface area (Å²) in [6, 6.07) is 8.92. The number of methoxy groups -OCH3 is 1. The first-order valence-corrected chi connectivity index (χ1v) is 10.3. The Hall–Kier alpha value is -3.36. The Labute approximate surface area is 181 Å². The molecule has 0 radical (unpaired) electrons. The van der Waals surface area contributed by atoms with Gasteiger partial charge in [0.25, 0.3) is 5.91 Å². The zero-order chi connectivity index (χ0) is 22.4. The van der Waals surface area contributed by atoms with Crippen molar-refractivity contribution in [2.45, 2.75) is 13.8 Å². The maximum Gasteiger partial charge on any atom is 0.409 e. The molecule has 1 aliphatic heterocycles. The lowest BCUT2D eigenvalue weighted by Gasteiger charge is -2.34. The molecular weight excluding hydrogens is 400 g/mol. The van der Waals surface area contributed by atoms with Crippen molar-refractivity contribution in [3.63, 3.8) is 0 Å². The van der Waals surface area contributed by atoms with Gasteiger partial charge in [0.2, 0.25) is 5.91 Å². The molecule has 1 aromatic heterocycles. The van der Waals surface area contributed by atoms with Gasteiger partial charge in [0.15, 0.2) is 0 Å². The summed E-state index contributed by atoms with van der Waals surface area (Å²) in [5.41, 5.74) is 0.819. The van der Waals surface area contributed by atoms with Crippen molar-refractivity contribution in [2.75, 3.05) is 46.4 Å². The Kier molecular flexibility index (Phi) is 7.28. The Morgan fingerprint density at radius 1 is 1.10 bits per heavy atom. The average Bonchev–Trinajstić information content (AvgIpc) is 2.79. The number of pyridine rings is 1. The Morgan fingerprint density at radius 2 is 1.77 bits per heavy atom. The minimum Gasteiger partial charge on any atom is -0.496 e. The molecule has 3 rings (SSSR count). The molecule has 0 atom stereocenters. The van der Waals surface area contributed by atoms with Crippen molar-refractivity contribution in [1.29, 1.82) is 0 Å². The summed E-state index contributed by atoms with van der Waals surface area (Å²) in [7, 11) is 1.53. The van der Waals surface area contributed by atoms with Crippen LogP contribution in [0.2, 0.25) is 0 Å². The van der Waals surface area contributed by atoms with E-state index in [1.54, 1.807) is 21.9 Å². The summed E-state index contributed by atoms with van der Waals surface area (Å²) < 4.78 is 10.6. The standard InChI is InChI=1S/C22H28N4O5/c1-15(2)14-31-22(29)26-10-8-25(9-11-26)20(27)13-23-21(28)18-12-19(30-3)16-6-4-5-7-17(16)24-18/h4-7,12,15H,8-11,13-14H2,1-3H3,(H,23,28). The number of hydrogen-bond donors (Lipinski definition) is 1. The van der Waals surface area contributed by atoms with E-state index < -0.39 is 5.91 Å². The molecule has 9 heteroatoms. The lowest BCUT2D eigenvalue weighted by Crippen LogP contribution is -2.52. The maximum absolute atomic E-state index is 12.5. The minimum atomic E-state index is -0.451. The number of piperazine rings is 1. The number of nitrogens with zero attached hydrogens (tertiary/aromatic N) is 3. The quantitative estimate of drug-likeness (QED) is 0.754. The SMILES string of the molecule is COc1cc(C(=O)NCC(=O)N2CCN(C(=O)OCC(C)C)CC2)nc2ccccc12. The molecule has 1 aromatic carbocycles. The van der Waals surface area contributed by atoms with Crippen LogP contribution in [0.4, 0.5) is 4.79 Å². The average molecular weight is 428 g/mol. The van der Waals surface area contributed by atoms with Crippen molar-refractivity contribution in [3.05, 3.63) is 36.0 Å². The van der Waals surface area contributed by atoms with Crippen LogP contribution in [0.15, 0.2) is 30.3 Å². The van der Waals surface area contributed by atoms with Gasteiger partial charge in [-0.15, -0.1) is 0 Å². The molecule has 0 saturated carbocycles. The Morgan fingerprint density at radius 3 is 2.45 bits per heavy atom. The number of amides is 3. The van der Waals surface area contributed by atoms with E-state index in [4.69, 9.17) is 9.47 Å². The Bertz CT molecular complexity index is 954. The molecule has 31 heavy (non-hydrogen) atoms. The van der Waals surface area contributed by atoms with E-state index in [1.807, 2.05) is 32.0 Å². The molecule has 2 aromatic rings. The molecule has 0 aliphatic carbocycles. The molecule has 0 bridgehead atoms. The van der Waals surface area contributed by atoms with E-state index in [2.05, 4.69) is 10.3 Å². The first kappa shape index (κ1) is 22.3. The summed E-state index contributed by atoms with van der Waals surface area (Å²) in [6.45, 7) is 5.77. The lowest BCUT2D eigenvalue weighted by atomic mass is 10.1. The van der Waals surface area contributed by atoms with Gasteiger partial charge in [-0.3, -0.25) is 9.59 Å². The van der Waals surface area contributed by atoms with Crippen LogP contribution < -0.4 is 10.1 Å². The second-order valence-electron chi connectivity index (χ2n) is 7.75. The van der Waals surface area contributed by atoms with Crippen molar-refractivity contribution in [2.24, 2.45) is 5.92 Å². The summed E-state index contributed by atoms with van der Waals surface area (Å²) in [4.78, 5) is 44.6. The lowest BCUT2D eigenvalue weighted by molar-refractivity contribution is -0.131. The highest BCUT2D eigenvalue weighted by Gasteiger charge is 2.25. The number of carbonyl (C=O) groups is 3. The third-order valence-corrected chi connectivity index (χ3v) is 4.96. The van der Waals surface area contributed by atoms with Crippen LogP contribution in [0.1, 0.15) is 24.3 Å². The highest BCUT2D eigenvalue weighted by molar-refractivity contribution is 5.98. The van der Waals surface area contributed by atoms with Crippen LogP contribution in [-0.4, -0.2) is 79.1 Å². The van der Waals surface area contributed by atoms with Crippen LogP contribution in [0.3, 0.4) is 0 Å². The zero-order valence-corrected chi connectivity index (χ0v) is 18.1. The summed E-state index contributed by atoms with van der Waals surface area (Å²) >= 11 is 0. The zero-order valence-electron chi connectivity index (χ0n) is 18.1. The third-order valence-electron chi connectivity index (χ3n) is 4.96. The van der Waals surface area contributed by atoms with E-state index in [-0.39, 0.29) is 30.2 Å². The largest absolute Gasteiger partial charge is 0.496 e. The molecule has 166 valence electrons. The molecule has 0 unspecified atom stereocenters. The molecule has 1 aliphatic rings. The van der Waals surface area contributed by atoms with Gasteiger partial charge >= 0.3 is 6.09 Å². The predicted octanol–water partition coefficient (Wildman–Crippen LogP) is 1.91. The number of fused-ring (bicyclic) bond motifs is 1.